The first-order chi connectivity index (χ1) is 11.6. The molecule has 2 rings (SSSR count). The normalized spacial score (nSPS) is 13.5. The summed E-state index contributed by atoms with van der Waals surface area (Å²) in [5.41, 5.74) is 2.18. The summed E-state index contributed by atoms with van der Waals surface area (Å²) >= 11 is 0. The van der Waals surface area contributed by atoms with Crippen LogP contribution in [0.15, 0.2) is 48.5 Å². The van der Waals surface area contributed by atoms with Crippen LogP contribution in [0.4, 0.5) is 0 Å². The van der Waals surface area contributed by atoms with E-state index in [1.54, 1.807) is 12.1 Å². The fourth-order valence-electron chi connectivity index (χ4n) is 2.74. The lowest BCUT2D eigenvalue weighted by atomic mass is 9.99. The number of methoxy groups -OCH3 is 1. The molecule has 0 saturated carbocycles. The smallest absolute Gasteiger partial charge is 0.160 e. The van der Waals surface area contributed by atoms with Crippen molar-refractivity contribution in [1.82, 2.24) is 0 Å². The molecule has 4 heteroatoms. The van der Waals surface area contributed by atoms with Crippen LogP contribution in [-0.4, -0.2) is 34.6 Å². The molecular weight excluding hydrogens is 304 g/mol. The van der Waals surface area contributed by atoms with Gasteiger partial charge in [0.25, 0.3) is 0 Å². The van der Waals surface area contributed by atoms with E-state index in [1.165, 1.54) is 12.7 Å². The molecule has 0 radical (unpaired) electrons. The van der Waals surface area contributed by atoms with Crippen molar-refractivity contribution in [3.05, 3.63) is 59.7 Å². The third-order valence-electron chi connectivity index (χ3n) is 4.16. The van der Waals surface area contributed by atoms with Crippen molar-refractivity contribution in [2.45, 2.75) is 44.3 Å². The summed E-state index contributed by atoms with van der Waals surface area (Å²) in [5.74, 6) is 0.544. The number of phenols is 1. The van der Waals surface area contributed by atoms with E-state index in [9.17, 15) is 15.3 Å². The molecule has 0 aliphatic heterocycles. The Kier molecular flexibility index (Phi) is 7.09. The second kappa shape index (κ2) is 9.30. The maximum atomic E-state index is 10.1. The molecule has 0 unspecified atom stereocenters. The average Bonchev–Trinajstić information content (AvgIpc) is 2.60. The summed E-state index contributed by atoms with van der Waals surface area (Å²) in [4.78, 5) is 0. The predicted octanol–water partition coefficient (Wildman–Crippen LogP) is 3.08. The summed E-state index contributed by atoms with van der Waals surface area (Å²) in [6.45, 7) is 0. The van der Waals surface area contributed by atoms with E-state index in [4.69, 9.17) is 4.74 Å². The van der Waals surface area contributed by atoms with Crippen LogP contribution in [0, 0.1) is 0 Å². The molecule has 0 aliphatic rings. The van der Waals surface area contributed by atoms with Crippen LogP contribution in [0.5, 0.6) is 11.5 Å². The highest BCUT2D eigenvalue weighted by Crippen LogP contribution is 2.27. The van der Waals surface area contributed by atoms with Crippen LogP contribution < -0.4 is 4.74 Å². The van der Waals surface area contributed by atoms with E-state index in [0.717, 1.165) is 12.0 Å². The van der Waals surface area contributed by atoms with Crippen LogP contribution >= 0.6 is 0 Å². The first-order valence-electron chi connectivity index (χ1n) is 8.34. The fourth-order valence-corrected chi connectivity index (χ4v) is 2.74. The van der Waals surface area contributed by atoms with Crippen molar-refractivity contribution >= 4 is 0 Å². The van der Waals surface area contributed by atoms with Gasteiger partial charge in [0.05, 0.1) is 19.3 Å². The van der Waals surface area contributed by atoms with E-state index in [1.807, 2.05) is 36.4 Å². The third kappa shape index (κ3) is 5.87. The topological polar surface area (TPSA) is 69.9 Å². The Morgan fingerprint density at radius 1 is 0.875 bits per heavy atom. The number of hydrogen-bond donors (Lipinski definition) is 3. The van der Waals surface area contributed by atoms with Gasteiger partial charge in [-0.3, -0.25) is 0 Å². The standard InChI is InChI=1S/C20H26O4/c1-24-20-13-16(9-12-19(20)23)8-11-18(22)14-17(21)10-7-15-5-3-2-4-6-15/h2-6,9,12-13,17-18,21-23H,7-8,10-11,14H2,1H3/t17-,18+/m1/s1. The quantitative estimate of drug-likeness (QED) is 0.661. The van der Waals surface area contributed by atoms with Gasteiger partial charge in [0.1, 0.15) is 0 Å². The lowest BCUT2D eigenvalue weighted by Gasteiger charge is -2.16. The number of aryl methyl sites for hydroxylation is 2. The van der Waals surface area contributed by atoms with Gasteiger partial charge in [0.15, 0.2) is 11.5 Å². The van der Waals surface area contributed by atoms with Crippen molar-refractivity contribution < 1.29 is 20.1 Å². The van der Waals surface area contributed by atoms with Crippen molar-refractivity contribution in [3.63, 3.8) is 0 Å². The van der Waals surface area contributed by atoms with E-state index in [2.05, 4.69) is 0 Å². The molecule has 0 saturated heterocycles. The number of aliphatic hydroxyl groups is 2. The van der Waals surface area contributed by atoms with Crippen molar-refractivity contribution in [3.8, 4) is 11.5 Å². The molecule has 0 amide bonds. The zero-order chi connectivity index (χ0) is 17.4. The van der Waals surface area contributed by atoms with E-state index in [-0.39, 0.29) is 5.75 Å². The minimum absolute atomic E-state index is 0.109. The van der Waals surface area contributed by atoms with Gasteiger partial charge < -0.3 is 20.1 Å². The van der Waals surface area contributed by atoms with Gasteiger partial charge in [-0.25, -0.2) is 0 Å². The SMILES string of the molecule is COc1cc(CC[C@H](O)C[C@H](O)CCc2ccccc2)ccc1O. The molecule has 0 aliphatic carbocycles. The molecule has 2 aromatic carbocycles. The molecule has 2 atom stereocenters. The van der Waals surface area contributed by atoms with E-state index >= 15 is 0 Å². The van der Waals surface area contributed by atoms with Gasteiger partial charge in [0, 0.05) is 0 Å². The summed E-state index contributed by atoms with van der Waals surface area (Å²) in [7, 11) is 1.51. The molecule has 24 heavy (non-hydrogen) atoms. The summed E-state index contributed by atoms with van der Waals surface area (Å²) in [5, 5.41) is 29.8. The molecule has 2 aromatic rings. The largest absolute Gasteiger partial charge is 0.504 e. The van der Waals surface area contributed by atoms with Gasteiger partial charge >= 0.3 is 0 Å². The van der Waals surface area contributed by atoms with Crippen LogP contribution in [0.2, 0.25) is 0 Å². The number of hydrogen-bond acceptors (Lipinski definition) is 4. The third-order valence-corrected chi connectivity index (χ3v) is 4.16. The molecular formula is C20H26O4. The minimum Gasteiger partial charge on any atom is -0.504 e. The summed E-state index contributed by atoms with van der Waals surface area (Å²) in [6.07, 6.45) is 2.02. The minimum atomic E-state index is -0.546. The maximum Gasteiger partial charge on any atom is 0.160 e. The lowest BCUT2D eigenvalue weighted by Crippen LogP contribution is -2.19. The molecule has 3 N–H and O–H groups in total. The Morgan fingerprint density at radius 3 is 2.12 bits per heavy atom. The Balaban J connectivity index is 1.73. The van der Waals surface area contributed by atoms with Crippen LogP contribution in [0.3, 0.4) is 0 Å². The second-order valence-electron chi connectivity index (χ2n) is 6.11. The Labute approximate surface area is 143 Å². The van der Waals surface area contributed by atoms with E-state index in [0.29, 0.717) is 31.4 Å². The van der Waals surface area contributed by atoms with Gasteiger partial charge in [-0.15, -0.1) is 0 Å². The fraction of sp³-hybridized carbons (Fsp3) is 0.400. The lowest BCUT2D eigenvalue weighted by molar-refractivity contribution is 0.0714. The number of benzene rings is 2. The Morgan fingerprint density at radius 2 is 1.50 bits per heavy atom. The van der Waals surface area contributed by atoms with Crippen molar-refractivity contribution in [2.24, 2.45) is 0 Å². The highest BCUT2D eigenvalue weighted by atomic mass is 16.5. The summed E-state index contributed by atoms with van der Waals surface area (Å²) in [6, 6.07) is 15.2. The molecule has 0 aromatic heterocycles. The number of rotatable bonds is 9. The Hall–Kier alpha value is -2.04. The van der Waals surface area contributed by atoms with Gasteiger partial charge in [-0.1, -0.05) is 36.4 Å². The van der Waals surface area contributed by atoms with Gasteiger partial charge in [-0.2, -0.15) is 0 Å². The van der Waals surface area contributed by atoms with E-state index < -0.39 is 12.2 Å². The van der Waals surface area contributed by atoms with Crippen molar-refractivity contribution in [2.75, 3.05) is 7.11 Å². The van der Waals surface area contributed by atoms with Crippen LogP contribution in [0.25, 0.3) is 0 Å². The number of phenolic OH excluding ortho intramolecular Hbond substituents is 1. The average molecular weight is 330 g/mol. The van der Waals surface area contributed by atoms with Gasteiger partial charge in [-0.05, 0) is 55.4 Å². The Bertz CT molecular complexity index is 612. The molecule has 130 valence electrons. The molecule has 0 bridgehead atoms. The first-order valence-corrected chi connectivity index (χ1v) is 8.34. The maximum absolute atomic E-state index is 10.1. The molecule has 4 nitrogen and oxygen atoms in total. The molecule has 0 spiro atoms. The zero-order valence-electron chi connectivity index (χ0n) is 14.1. The van der Waals surface area contributed by atoms with Crippen molar-refractivity contribution in [1.29, 1.82) is 0 Å². The highest BCUT2D eigenvalue weighted by molar-refractivity contribution is 5.41. The van der Waals surface area contributed by atoms with Crippen LogP contribution in [-0.2, 0) is 12.8 Å². The highest BCUT2D eigenvalue weighted by Gasteiger charge is 2.13. The first kappa shape index (κ1) is 18.3. The molecule has 0 fully saturated rings. The number of aliphatic hydroxyl groups excluding tert-OH is 2. The number of ether oxygens (including phenoxy) is 1. The summed E-state index contributed by atoms with van der Waals surface area (Å²) < 4.78 is 5.08. The molecule has 0 heterocycles. The predicted molar refractivity (Wildman–Crippen MR) is 94.4 cm³/mol. The van der Waals surface area contributed by atoms with Crippen LogP contribution in [0.1, 0.15) is 30.4 Å². The monoisotopic (exact) mass is 330 g/mol. The van der Waals surface area contributed by atoms with Gasteiger partial charge in [0.2, 0.25) is 0 Å². The second-order valence-corrected chi connectivity index (χ2v) is 6.11. The zero-order valence-corrected chi connectivity index (χ0v) is 14.1. The number of aromatic hydroxyl groups is 1.